The summed E-state index contributed by atoms with van der Waals surface area (Å²) in [6.07, 6.45) is 1.12. The number of nitrogens with two attached hydrogens (primary N) is 1. The lowest BCUT2D eigenvalue weighted by atomic mass is 10.2. The van der Waals surface area contributed by atoms with Crippen LogP contribution in [-0.2, 0) is 0 Å². The van der Waals surface area contributed by atoms with Crippen molar-refractivity contribution in [2.45, 2.75) is 20.3 Å². The van der Waals surface area contributed by atoms with Crippen LogP contribution in [0.4, 0.5) is 15.8 Å². The van der Waals surface area contributed by atoms with E-state index in [2.05, 4.69) is 24.1 Å². The molecule has 0 unspecified atom stereocenters. The van der Waals surface area contributed by atoms with E-state index in [1.807, 2.05) is 0 Å². The first kappa shape index (κ1) is 15.6. The van der Waals surface area contributed by atoms with Gasteiger partial charge in [0, 0.05) is 25.2 Å². The third-order valence-electron chi connectivity index (χ3n) is 3.05. The molecule has 1 aromatic rings. The summed E-state index contributed by atoms with van der Waals surface area (Å²) in [4.78, 5) is 2.32. The number of nitrogens with zero attached hydrogens (tertiary/aromatic N) is 1. The van der Waals surface area contributed by atoms with Gasteiger partial charge < -0.3 is 20.7 Å². The van der Waals surface area contributed by atoms with E-state index in [4.69, 9.17) is 10.5 Å². The van der Waals surface area contributed by atoms with E-state index in [-0.39, 0.29) is 5.82 Å². The highest BCUT2D eigenvalue weighted by atomic mass is 19.1. The summed E-state index contributed by atoms with van der Waals surface area (Å²) in [5, 5.41) is 3.09. The second kappa shape index (κ2) is 7.84. The number of rotatable bonds is 8. The quantitative estimate of drug-likeness (QED) is 0.712. The second-order valence-corrected chi connectivity index (χ2v) is 4.44. The summed E-state index contributed by atoms with van der Waals surface area (Å²) >= 11 is 0. The van der Waals surface area contributed by atoms with Gasteiger partial charge >= 0.3 is 0 Å². The number of likely N-dealkylation sites (N-methyl/N-ethyl adjacent to an activating group) is 1. The number of nitrogen functional groups attached to an aromatic ring is 1. The topological polar surface area (TPSA) is 50.5 Å². The van der Waals surface area contributed by atoms with Gasteiger partial charge in [0.05, 0.1) is 18.5 Å². The van der Waals surface area contributed by atoms with Crippen molar-refractivity contribution in [1.29, 1.82) is 0 Å². The lowest BCUT2D eigenvalue weighted by Crippen LogP contribution is -2.29. The molecule has 5 heteroatoms. The van der Waals surface area contributed by atoms with E-state index in [9.17, 15) is 4.39 Å². The Morgan fingerprint density at radius 1 is 1.32 bits per heavy atom. The highest BCUT2D eigenvalue weighted by Gasteiger charge is 2.08. The van der Waals surface area contributed by atoms with Crippen molar-refractivity contribution < 1.29 is 9.13 Å². The second-order valence-electron chi connectivity index (χ2n) is 4.44. The fraction of sp³-hybridized carbons (Fsp3) is 0.571. The number of nitrogens with one attached hydrogen (secondary N) is 1. The number of benzene rings is 1. The van der Waals surface area contributed by atoms with E-state index in [0.717, 1.165) is 26.1 Å². The molecule has 0 aromatic heterocycles. The van der Waals surface area contributed by atoms with E-state index < -0.39 is 0 Å². The molecule has 0 aliphatic carbocycles. The largest absolute Gasteiger partial charge is 0.495 e. The Kier molecular flexibility index (Phi) is 6.42. The third-order valence-corrected chi connectivity index (χ3v) is 3.05. The summed E-state index contributed by atoms with van der Waals surface area (Å²) in [6.45, 7) is 7.92. The van der Waals surface area contributed by atoms with Gasteiger partial charge in [0.2, 0.25) is 0 Å². The van der Waals surface area contributed by atoms with Crippen molar-refractivity contribution in [2.75, 3.05) is 44.3 Å². The third kappa shape index (κ3) is 4.59. The fourth-order valence-corrected chi connectivity index (χ4v) is 1.97. The Balaban J connectivity index is 2.57. The number of hydrogen-bond acceptors (Lipinski definition) is 4. The van der Waals surface area contributed by atoms with Gasteiger partial charge in [-0.05, 0) is 19.5 Å². The molecule has 0 aliphatic heterocycles. The predicted octanol–water partition coefficient (Wildman–Crippen LogP) is 2.56. The molecular weight excluding hydrogens is 245 g/mol. The molecule has 0 aliphatic rings. The van der Waals surface area contributed by atoms with Crippen LogP contribution in [0, 0.1) is 5.82 Å². The zero-order chi connectivity index (χ0) is 14.3. The molecule has 0 atom stereocenters. The van der Waals surface area contributed by atoms with Gasteiger partial charge in [-0.15, -0.1) is 0 Å². The minimum absolute atomic E-state index is 0.312. The molecule has 19 heavy (non-hydrogen) atoms. The Hall–Kier alpha value is -1.49. The Morgan fingerprint density at radius 3 is 2.63 bits per heavy atom. The zero-order valence-corrected chi connectivity index (χ0v) is 12.0. The molecule has 0 radical (unpaired) electrons. The van der Waals surface area contributed by atoms with Gasteiger partial charge in [0.15, 0.2) is 0 Å². The smallest absolute Gasteiger partial charge is 0.148 e. The normalized spacial score (nSPS) is 10.8. The van der Waals surface area contributed by atoms with E-state index >= 15 is 0 Å². The maximum atomic E-state index is 13.7. The number of ether oxygens (including phenoxy) is 1. The molecule has 4 nitrogen and oxygen atoms in total. The number of halogens is 1. The molecule has 0 saturated carbocycles. The molecular formula is C14H24FN3O. The molecule has 0 saturated heterocycles. The van der Waals surface area contributed by atoms with Gasteiger partial charge in [0.1, 0.15) is 11.6 Å². The summed E-state index contributed by atoms with van der Waals surface area (Å²) in [6, 6.07) is 2.88. The Bertz CT molecular complexity index is 399. The fourth-order valence-electron chi connectivity index (χ4n) is 1.97. The first-order valence-corrected chi connectivity index (χ1v) is 6.71. The van der Waals surface area contributed by atoms with E-state index in [1.165, 1.54) is 13.2 Å². The first-order chi connectivity index (χ1) is 9.12. The van der Waals surface area contributed by atoms with Crippen LogP contribution >= 0.6 is 0 Å². The van der Waals surface area contributed by atoms with Gasteiger partial charge in [-0.25, -0.2) is 4.39 Å². The lowest BCUT2D eigenvalue weighted by molar-refractivity contribution is 0.300. The van der Waals surface area contributed by atoms with Crippen LogP contribution in [0.1, 0.15) is 20.3 Å². The minimum atomic E-state index is -0.350. The van der Waals surface area contributed by atoms with Gasteiger partial charge in [-0.1, -0.05) is 13.8 Å². The van der Waals surface area contributed by atoms with Crippen LogP contribution in [-0.4, -0.2) is 38.2 Å². The highest BCUT2D eigenvalue weighted by Crippen LogP contribution is 2.27. The maximum Gasteiger partial charge on any atom is 0.148 e. The average Bonchev–Trinajstić information content (AvgIpc) is 2.40. The molecule has 3 N–H and O–H groups in total. The first-order valence-electron chi connectivity index (χ1n) is 6.71. The molecule has 1 rings (SSSR count). The summed E-state index contributed by atoms with van der Waals surface area (Å²) in [5.74, 6) is 0.140. The molecule has 0 fully saturated rings. The summed E-state index contributed by atoms with van der Waals surface area (Å²) in [7, 11) is 1.52. The highest BCUT2D eigenvalue weighted by molar-refractivity contribution is 5.62. The van der Waals surface area contributed by atoms with Gasteiger partial charge in [-0.3, -0.25) is 0 Å². The van der Waals surface area contributed by atoms with Crippen molar-refractivity contribution in [2.24, 2.45) is 0 Å². The van der Waals surface area contributed by atoms with Crippen LogP contribution in [0.25, 0.3) is 0 Å². The van der Waals surface area contributed by atoms with Crippen molar-refractivity contribution >= 4 is 11.4 Å². The van der Waals surface area contributed by atoms with Crippen LogP contribution in [0.5, 0.6) is 5.75 Å². The molecule has 0 amide bonds. The average molecular weight is 269 g/mol. The zero-order valence-electron chi connectivity index (χ0n) is 12.0. The van der Waals surface area contributed by atoms with Crippen LogP contribution in [0.2, 0.25) is 0 Å². The number of anilines is 2. The van der Waals surface area contributed by atoms with Gasteiger partial charge in [-0.2, -0.15) is 0 Å². The van der Waals surface area contributed by atoms with Crippen molar-refractivity contribution in [1.82, 2.24) is 4.90 Å². The van der Waals surface area contributed by atoms with Crippen LogP contribution in [0.15, 0.2) is 12.1 Å². The molecule has 1 aromatic carbocycles. The minimum Gasteiger partial charge on any atom is -0.495 e. The SMILES string of the molecule is CCCN(CC)CCNc1cc(OC)c(N)cc1F. The standard InChI is InChI=1S/C14H24FN3O/c1-4-7-18(5-2)8-6-17-13-10-14(19-3)12(16)9-11(13)15/h9-10,17H,4-8,16H2,1-3H3. The molecule has 0 bridgehead atoms. The maximum absolute atomic E-state index is 13.7. The van der Waals surface area contributed by atoms with E-state index in [1.54, 1.807) is 6.07 Å². The summed E-state index contributed by atoms with van der Waals surface area (Å²) < 4.78 is 18.8. The van der Waals surface area contributed by atoms with Crippen molar-refractivity contribution in [3.63, 3.8) is 0 Å². The molecule has 0 spiro atoms. The molecule has 108 valence electrons. The number of hydrogen-bond donors (Lipinski definition) is 2. The Labute approximate surface area is 114 Å². The Morgan fingerprint density at radius 2 is 2.05 bits per heavy atom. The number of methoxy groups -OCH3 is 1. The molecule has 0 heterocycles. The van der Waals surface area contributed by atoms with Gasteiger partial charge in [0.25, 0.3) is 0 Å². The lowest BCUT2D eigenvalue weighted by Gasteiger charge is -2.20. The van der Waals surface area contributed by atoms with E-state index in [0.29, 0.717) is 23.7 Å². The monoisotopic (exact) mass is 269 g/mol. The van der Waals surface area contributed by atoms with Crippen molar-refractivity contribution in [3.8, 4) is 5.75 Å². The van der Waals surface area contributed by atoms with Crippen molar-refractivity contribution in [3.05, 3.63) is 17.9 Å². The predicted molar refractivity (Wildman–Crippen MR) is 78.3 cm³/mol. The van der Waals surface area contributed by atoms with Crippen LogP contribution in [0.3, 0.4) is 0 Å². The van der Waals surface area contributed by atoms with Crippen LogP contribution < -0.4 is 15.8 Å². The summed E-state index contributed by atoms with van der Waals surface area (Å²) in [5.41, 5.74) is 6.38.